The predicted molar refractivity (Wildman–Crippen MR) is 39.3 cm³/mol. The highest BCUT2D eigenvalue weighted by Gasteiger charge is 2.02. The van der Waals surface area contributed by atoms with E-state index in [9.17, 15) is 4.79 Å². The van der Waals surface area contributed by atoms with Crippen LogP contribution in [0.4, 0.5) is 0 Å². The van der Waals surface area contributed by atoms with Crippen molar-refractivity contribution in [1.82, 2.24) is 9.78 Å². The van der Waals surface area contributed by atoms with Crippen molar-refractivity contribution in [2.45, 2.75) is 0 Å². The summed E-state index contributed by atoms with van der Waals surface area (Å²) in [6.45, 7) is 0. The highest BCUT2D eigenvalue weighted by Crippen LogP contribution is 2.05. The molecular formula is C7H6N2O2. The molecule has 0 radical (unpaired) electrons. The summed E-state index contributed by atoms with van der Waals surface area (Å²) in [7, 11) is 1.71. The van der Waals surface area contributed by atoms with Crippen LogP contribution in [0.3, 0.4) is 0 Å². The Bertz CT molecular complexity index is 441. The topological polar surface area (TPSA) is 48.0 Å². The molecule has 2 rings (SSSR count). The summed E-state index contributed by atoms with van der Waals surface area (Å²) in [6, 6.07) is 1.71. The lowest BCUT2D eigenvalue weighted by Crippen LogP contribution is -2.03. The van der Waals surface area contributed by atoms with Crippen LogP contribution in [0.2, 0.25) is 0 Å². The zero-order chi connectivity index (χ0) is 7.84. The second kappa shape index (κ2) is 1.95. The standard InChI is InChI=1S/C7H6N2O2/c1-9-6-5(4-8-9)2-3-11-7(6)10/h2-4H,1H3. The number of hydrogen-bond acceptors (Lipinski definition) is 3. The highest BCUT2D eigenvalue weighted by molar-refractivity contribution is 5.76. The second-order valence-corrected chi connectivity index (χ2v) is 2.28. The van der Waals surface area contributed by atoms with Crippen molar-refractivity contribution in [1.29, 1.82) is 0 Å². The zero-order valence-electron chi connectivity index (χ0n) is 5.94. The third-order valence-corrected chi connectivity index (χ3v) is 1.58. The van der Waals surface area contributed by atoms with Crippen molar-refractivity contribution in [3.05, 3.63) is 28.9 Å². The van der Waals surface area contributed by atoms with Crippen LogP contribution in [0.1, 0.15) is 0 Å². The molecule has 0 unspecified atom stereocenters. The number of fused-ring (bicyclic) bond motifs is 1. The van der Waals surface area contributed by atoms with Crippen molar-refractivity contribution in [2.75, 3.05) is 0 Å². The van der Waals surface area contributed by atoms with Gasteiger partial charge < -0.3 is 4.42 Å². The minimum absolute atomic E-state index is 0.345. The molecule has 0 aromatic carbocycles. The van der Waals surface area contributed by atoms with Gasteiger partial charge in [-0.05, 0) is 6.07 Å². The minimum Gasteiger partial charge on any atom is -0.430 e. The maximum absolute atomic E-state index is 11.0. The van der Waals surface area contributed by atoms with E-state index < -0.39 is 0 Å². The van der Waals surface area contributed by atoms with E-state index in [1.165, 1.54) is 10.9 Å². The van der Waals surface area contributed by atoms with E-state index in [4.69, 9.17) is 0 Å². The SMILES string of the molecule is Cn1ncc2ccoc(=O)c21. The Morgan fingerprint density at radius 1 is 1.64 bits per heavy atom. The van der Waals surface area contributed by atoms with E-state index >= 15 is 0 Å². The maximum Gasteiger partial charge on any atom is 0.362 e. The van der Waals surface area contributed by atoms with Crippen LogP contribution in [0.25, 0.3) is 10.9 Å². The Kier molecular flexibility index (Phi) is 1.09. The fraction of sp³-hybridized carbons (Fsp3) is 0.143. The second-order valence-electron chi connectivity index (χ2n) is 2.28. The van der Waals surface area contributed by atoms with Gasteiger partial charge >= 0.3 is 5.63 Å². The lowest BCUT2D eigenvalue weighted by Gasteiger charge is -1.88. The first kappa shape index (κ1) is 6.15. The molecule has 0 saturated heterocycles. The van der Waals surface area contributed by atoms with Gasteiger partial charge in [-0.2, -0.15) is 5.10 Å². The summed E-state index contributed by atoms with van der Waals surface area (Å²) in [6.07, 6.45) is 3.00. The molecular weight excluding hydrogens is 144 g/mol. The number of aryl methyl sites for hydroxylation is 1. The van der Waals surface area contributed by atoms with Gasteiger partial charge in [-0.25, -0.2) is 4.79 Å². The third kappa shape index (κ3) is 0.756. The molecule has 0 saturated carbocycles. The van der Waals surface area contributed by atoms with Crippen molar-refractivity contribution in [3.63, 3.8) is 0 Å². The molecule has 2 heterocycles. The molecule has 4 nitrogen and oxygen atoms in total. The molecule has 0 aliphatic carbocycles. The van der Waals surface area contributed by atoms with Crippen LogP contribution in [0.15, 0.2) is 27.7 Å². The van der Waals surface area contributed by atoms with Crippen molar-refractivity contribution >= 4 is 10.9 Å². The Morgan fingerprint density at radius 3 is 3.18 bits per heavy atom. The van der Waals surface area contributed by atoms with Gasteiger partial charge in [-0.3, -0.25) is 4.68 Å². The summed E-state index contributed by atoms with van der Waals surface area (Å²) in [5, 5.41) is 4.72. The molecule has 56 valence electrons. The first-order valence-electron chi connectivity index (χ1n) is 3.18. The average Bonchev–Trinajstić information content (AvgIpc) is 2.34. The first-order chi connectivity index (χ1) is 5.29. The molecule has 0 spiro atoms. The van der Waals surface area contributed by atoms with Gasteiger partial charge in [-0.1, -0.05) is 0 Å². The third-order valence-electron chi connectivity index (χ3n) is 1.58. The Labute approximate surface area is 62.1 Å². The van der Waals surface area contributed by atoms with Crippen LogP contribution in [-0.2, 0) is 7.05 Å². The summed E-state index contributed by atoms with van der Waals surface area (Å²) in [5.41, 5.74) is 0.162. The summed E-state index contributed by atoms with van der Waals surface area (Å²) in [5.74, 6) is 0. The molecule has 0 aliphatic rings. The van der Waals surface area contributed by atoms with Gasteiger partial charge in [0.25, 0.3) is 0 Å². The molecule has 0 amide bonds. The lowest BCUT2D eigenvalue weighted by atomic mass is 10.3. The molecule has 4 heteroatoms. The molecule has 0 aliphatic heterocycles. The van der Waals surface area contributed by atoms with Gasteiger partial charge in [0.05, 0.1) is 12.5 Å². The molecule has 0 N–H and O–H groups in total. The Hall–Kier alpha value is -1.58. The van der Waals surface area contributed by atoms with Gasteiger partial charge in [-0.15, -0.1) is 0 Å². The van der Waals surface area contributed by atoms with Gasteiger partial charge in [0.2, 0.25) is 0 Å². The van der Waals surface area contributed by atoms with Crippen molar-refractivity contribution in [3.8, 4) is 0 Å². The van der Waals surface area contributed by atoms with E-state index in [2.05, 4.69) is 9.52 Å². The van der Waals surface area contributed by atoms with E-state index in [0.717, 1.165) is 5.39 Å². The van der Waals surface area contributed by atoms with Crippen LogP contribution in [0, 0.1) is 0 Å². The monoisotopic (exact) mass is 150 g/mol. The van der Waals surface area contributed by atoms with E-state index in [-0.39, 0.29) is 5.63 Å². The minimum atomic E-state index is -0.345. The van der Waals surface area contributed by atoms with Gasteiger partial charge in [0, 0.05) is 12.4 Å². The van der Waals surface area contributed by atoms with E-state index in [1.807, 2.05) is 0 Å². The summed E-state index contributed by atoms with van der Waals surface area (Å²) in [4.78, 5) is 11.0. The summed E-state index contributed by atoms with van der Waals surface area (Å²) >= 11 is 0. The van der Waals surface area contributed by atoms with E-state index in [0.29, 0.717) is 5.52 Å². The number of nitrogens with zero attached hydrogens (tertiary/aromatic N) is 2. The van der Waals surface area contributed by atoms with Crippen LogP contribution in [0.5, 0.6) is 0 Å². The Morgan fingerprint density at radius 2 is 2.45 bits per heavy atom. The number of rotatable bonds is 0. The molecule has 0 atom stereocenters. The van der Waals surface area contributed by atoms with Crippen molar-refractivity contribution < 1.29 is 4.42 Å². The molecule has 11 heavy (non-hydrogen) atoms. The summed E-state index contributed by atoms with van der Waals surface area (Å²) < 4.78 is 6.16. The highest BCUT2D eigenvalue weighted by atomic mass is 16.4. The maximum atomic E-state index is 11.0. The number of aromatic nitrogens is 2. The zero-order valence-corrected chi connectivity index (χ0v) is 5.94. The number of hydrogen-bond donors (Lipinski definition) is 0. The van der Waals surface area contributed by atoms with Gasteiger partial charge in [0.15, 0.2) is 5.52 Å². The molecule has 2 aromatic heterocycles. The molecule has 0 fully saturated rings. The molecule has 0 bridgehead atoms. The van der Waals surface area contributed by atoms with Crippen LogP contribution in [-0.4, -0.2) is 9.78 Å². The fourth-order valence-corrected chi connectivity index (χ4v) is 1.05. The quantitative estimate of drug-likeness (QED) is 0.550. The van der Waals surface area contributed by atoms with E-state index in [1.54, 1.807) is 19.3 Å². The molecule has 2 aromatic rings. The van der Waals surface area contributed by atoms with Crippen LogP contribution < -0.4 is 5.63 Å². The van der Waals surface area contributed by atoms with Crippen molar-refractivity contribution in [2.24, 2.45) is 7.05 Å². The normalized spacial score (nSPS) is 10.6. The fourth-order valence-electron chi connectivity index (χ4n) is 1.05. The van der Waals surface area contributed by atoms with Crippen LogP contribution >= 0.6 is 0 Å². The smallest absolute Gasteiger partial charge is 0.362 e. The largest absolute Gasteiger partial charge is 0.430 e. The lowest BCUT2D eigenvalue weighted by molar-refractivity contribution is 0.514. The average molecular weight is 150 g/mol. The predicted octanol–water partition coefficient (Wildman–Crippen LogP) is 0.526. The Balaban J connectivity index is 3.08. The first-order valence-corrected chi connectivity index (χ1v) is 3.18. The van der Waals surface area contributed by atoms with Gasteiger partial charge in [0.1, 0.15) is 0 Å².